The number of carbonyl (C=O) groups is 1. The van der Waals surface area contributed by atoms with Crippen LogP contribution in [0, 0.1) is 5.82 Å². The Morgan fingerprint density at radius 1 is 1.17 bits per heavy atom. The molecule has 0 aromatic heterocycles. The van der Waals surface area contributed by atoms with Gasteiger partial charge in [0.15, 0.2) is 17.8 Å². The van der Waals surface area contributed by atoms with Gasteiger partial charge in [-0.15, -0.1) is 0 Å². The molecule has 3 unspecified atom stereocenters. The predicted octanol–water partition coefficient (Wildman–Crippen LogP) is 5.63. The minimum Gasteiger partial charge on any atom is -0.492 e. The third kappa shape index (κ3) is 9.81. The van der Waals surface area contributed by atoms with Gasteiger partial charge in [0.2, 0.25) is 0 Å². The number of carbonyl (C=O) groups excluding carboxylic acids is 1. The van der Waals surface area contributed by atoms with Crippen molar-refractivity contribution in [3.8, 4) is 22.6 Å². The maximum atomic E-state index is 13.9. The summed E-state index contributed by atoms with van der Waals surface area (Å²) in [4.78, 5) is 11.7. The van der Waals surface area contributed by atoms with Crippen LogP contribution in [-0.2, 0) is 19.0 Å². The summed E-state index contributed by atoms with van der Waals surface area (Å²) in [6.45, 7) is 7.33. The van der Waals surface area contributed by atoms with E-state index in [1.165, 1.54) is 12.1 Å². The van der Waals surface area contributed by atoms with E-state index in [4.69, 9.17) is 23.7 Å². The number of aliphatic hydroxyl groups excluding tert-OH is 2. The zero-order valence-electron chi connectivity index (χ0n) is 24.4. The molecule has 0 bridgehead atoms. The molecule has 1 fully saturated rings. The van der Waals surface area contributed by atoms with Gasteiger partial charge in [0, 0.05) is 18.6 Å². The van der Waals surface area contributed by atoms with Crippen LogP contribution in [0.25, 0.3) is 17.2 Å². The fourth-order valence-corrected chi connectivity index (χ4v) is 4.78. The van der Waals surface area contributed by atoms with Crippen molar-refractivity contribution < 1.29 is 43.1 Å². The average Bonchev–Trinajstić information content (AvgIpc) is 2.94. The standard InChI is InChI=1S/C32H43FO8/c1-5-38-29(36)19-25(35)18-24(34)13-14-26-27(21(2)3)20-28(39-16-17-41-30-8-6-7-15-40-30)32(37-4)31(26)22-9-11-23(33)12-10-22/h9-14,20-21,24-25,30,34-35H,5-8,15-19H2,1-4H3/b14-13+. The Kier molecular flexibility index (Phi) is 13.1. The molecule has 2 N–H and O–H groups in total. The van der Waals surface area contributed by atoms with Gasteiger partial charge >= 0.3 is 5.97 Å². The van der Waals surface area contributed by atoms with Gasteiger partial charge < -0.3 is 33.9 Å². The van der Waals surface area contributed by atoms with Crippen molar-refractivity contribution in [3.05, 3.63) is 53.4 Å². The van der Waals surface area contributed by atoms with E-state index in [2.05, 4.69) is 0 Å². The first kappa shape index (κ1) is 32.5. The third-order valence-corrected chi connectivity index (χ3v) is 6.77. The van der Waals surface area contributed by atoms with Crippen molar-refractivity contribution in [1.29, 1.82) is 0 Å². The SMILES string of the molecule is CCOC(=O)CC(O)CC(O)/C=C/c1c(C(C)C)cc(OCCOC2CCCCO2)c(OC)c1-c1ccc(F)cc1. The normalized spacial score (nSPS) is 17.0. The quantitative estimate of drug-likeness (QED) is 0.209. The van der Waals surface area contributed by atoms with E-state index in [9.17, 15) is 19.4 Å². The molecule has 0 aliphatic carbocycles. The number of halogens is 1. The van der Waals surface area contributed by atoms with Gasteiger partial charge in [-0.25, -0.2) is 4.39 Å². The summed E-state index contributed by atoms with van der Waals surface area (Å²) in [5, 5.41) is 20.9. The fraction of sp³-hybridized carbons (Fsp3) is 0.531. The highest BCUT2D eigenvalue weighted by atomic mass is 19.1. The van der Waals surface area contributed by atoms with Crippen LogP contribution in [0.15, 0.2) is 36.4 Å². The molecular weight excluding hydrogens is 531 g/mol. The van der Waals surface area contributed by atoms with Crippen molar-refractivity contribution in [1.82, 2.24) is 0 Å². The van der Waals surface area contributed by atoms with Gasteiger partial charge in [0.05, 0.1) is 39.0 Å². The number of benzene rings is 2. The zero-order chi connectivity index (χ0) is 29.8. The lowest BCUT2D eigenvalue weighted by molar-refractivity contribution is -0.165. The Labute approximate surface area is 242 Å². The first-order chi connectivity index (χ1) is 19.7. The minimum absolute atomic E-state index is 0.0404. The van der Waals surface area contributed by atoms with Gasteiger partial charge in [-0.3, -0.25) is 4.79 Å². The molecule has 0 saturated carbocycles. The molecule has 0 amide bonds. The summed E-state index contributed by atoms with van der Waals surface area (Å²) < 4.78 is 42.2. The molecule has 1 aliphatic heterocycles. The van der Waals surface area contributed by atoms with E-state index < -0.39 is 18.2 Å². The number of hydrogen-bond donors (Lipinski definition) is 2. The highest BCUT2D eigenvalue weighted by Crippen LogP contribution is 2.45. The molecule has 0 radical (unpaired) electrons. The Morgan fingerprint density at radius 2 is 1.93 bits per heavy atom. The minimum atomic E-state index is -1.05. The van der Waals surface area contributed by atoms with Gasteiger partial charge in [-0.1, -0.05) is 38.1 Å². The summed E-state index contributed by atoms with van der Waals surface area (Å²) in [5.41, 5.74) is 3.08. The highest BCUT2D eigenvalue weighted by molar-refractivity contribution is 5.85. The van der Waals surface area contributed by atoms with Crippen molar-refractivity contribution in [3.63, 3.8) is 0 Å². The number of ether oxygens (including phenoxy) is 5. The number of methoxy groups -OCH3 is 1. The molecular formula is C32H43FO8. The maximum absolute atomic E-state index is 13.9. The Bertz CT molecular complexity index is 1130. The summed E-state index contributed by atoms with van der Waals surface area (Å²) >= 11 is 0. The molecule has 1 aliphatic rings. The molecule has 1 heterocycles. The van der Waals surface area contributed by atoms with Gasteiger partial charge in [-0.2, -0.15) is 0 Å². The van der Waals surface area contributed by atoms with Gasteiger partial charge in [0.1, 0.15) is 12.4 Å². The molecule has 0 spiro atoms. The Hall–Kier alpha value is -2.98. The average molecular weight is 575 g/mol. The van der Waals surface area contributed by atoms with E-state index >= 15 is 0 Å². The molecule has 41 heavy (non-hydrogen) atoms. The van der Waals surface area contributed by atoms with E-state index in [-0.39, 0.29) is 44.1 Å². The first-order valence-corrected chi connectivity index (χ1v) is 14.3. The molecule has 8 nitrogen and oxygen atoms in total. The first-order valence-electron chi connectivity index (χ1n) is 14.3. The lowest BCUT2D eigenvalue weighted by atomic mass is 9.88. The van der Waals surface area contributed by atoms with Crippen LogP contribution in [0.3, 0.4) is 0 Å². The van der Waals surface area contributed by atoms with Crippen LogP contribution in [-0.4, -0.2) is 68.2 Å². The van der Waals surface area contributed by atoms with Crippen molar-refractivity contribution in [2.75, 3.05) is 33.5 Å². The molecule has 2 aromatic rings. The number of esters is 1. The largest absolute Gasteiger partial charge is 0.492 e. The number of hydrogen-bond acceptors (Lipinski definition) is 8. The van der Waals surface area contributed by atoms with Crippen LogP contribution in [0.5, 0.6) is 11.5 Å². The van der Waals surface area contributed by atoms with Gasteiger partial charge in [-0.05, 0) is 67.0 Å². The molecule has 3 rings (SSSR count). The highest BCUT2D eigenvalue weighted by Gasteiger charge is 2.23. The third-order valence-electron chi connectivity index (χ3n) is 6.77. The second-order valence-electron chi connectivity index (χ2n) is 10.3. The lowest BCUT2D eigenvalue weighted by Crippen LogP contribution is -2.24. The molecule has 3 atom stereocenters. The lowest BCUT2D eigenvalue weighted by Gasteiger charge is -2.24. The van der Waals surface area contributed by atoms with Crippen molar-refractivity contribution in [2.45, 2.75) is 77.3 Å². The number of rotatable bonds is 15. The summed E-state index contributed by atoms with van der Waals surface area (Å²) in [7, 11) is 1.55. The van der Waals surface area contributed by atoms with E-state index in [0.717, 1.165) is 30.4 Å². The van der Waals surface area contributed by atoms with E-state index in [1.54, 1.807) is 38.3 Å². The Balaban J connectivity index is 1.91. The van der Waals surface area contributed by atoms with Crippen molar-refractivity contribution >= 4 is 12.0 Å². The van der Waals surface area contributed by atoms with Crippen LogP contribution in [0.1, 0.15) is 69.9 Å². The fourth-order valence-electron chi connectivity index (χ4n) is 4.78. The molecule has 9 heteroatoms. The van der Waals surface area contributed by atoms with E-state index in [1.807, 2.05) is 19.9 Å². The van der Waals surface area contributed by atoms with Crippen molar-refractivity contribution in [2.24, 2.45) is 0 Å². The Morgan fingerprint density at radius 3 is 2.56 bits per heavy atom. The molecule has 2 aromatic carbocycles. The second-order valence-corrected chi connectivity index (χ2v) is 10.3. The van der Waals surface area contributed by atoms with Gasteiger partial charge in [0.25, 0.3) is 0 Å². The van der Waals surface area contributed by atoms with E-state index in [0.29, 0.717) is 35.8 Å². The number of aliphatic hydroxyl groups is 2. The van der Waals surface area contributed by atoms with Crippen LogP contribution in [0.4, 0.5) is 4.39 Å². The molecule has 226 valence electrons. The van der Waals surface area contributed by atoms with Crippen LogP contribution in [0.2, 0.25) is 0 Å². The smallest absolute Gasteiger partial charge is 0.308 e. The summed E-state index contributed by atoms with van der Waals surface area (Å²) in [6.07, 6.45) is 3.78. The summed E-state index contributed by atoms with van der Waals surface area (Å²) in [5.74, 6) is 0.154. The predicted molar refractivity (Wildman–Crippen MR) is 154 cm³/mol. The second kappa shape index (κ2) is 16.5. The summed E-state index contributed by atoms with van der Waals surface area (Å²) in [6, 6.07) is 8.01. The molecule has 1 saturated heterocycles. The maximum Gasteiger partial charge on any atom is 0.308 e. The van der Waals surface area contributed by atoms with Crippen LogP contribution >= 0.6 is 0 Å². The topological polar surface area (TPSA) is 104 Å². The monoisotopic (exact) mass is 574 g/mol. The zero-order valence-corrected chi connectivity index (χ0v) is 24.4. The van der Waals surface area contributed by atoms with Crippen LogP contribution < -0.4 is 9.47 Å².